The van der Waals surface area contributed by atoms with E-state index >= 15 is 0 Å². The molecule has 0 saturated heterocycles. The fourth-order valence-electron chi connectivity index (χ4n) is 2.87. The molecule has 2 aromatic rings. The number of fused-ring (bicyclic) bond motifs is 3. The zero-order valence-electron chi connectivity index (χ0n) is 12.8. The normalized spacial score (nSPS) is 18.3. The summed E-state index contributed by atoms with van der Waals surface area (Å²) in [5.74, 6) is 0.279. The zero-order valence-corrected chi connectivity index (χ0v) is 12.8. The van der Waals surface area contributed by atoms with Crippen molar-refractivity contribution in [3.8, 4) is 0 Å². The third-order valence-corrected chi connectivity index (χ3v) is 4.11. The van der Waals surface area contributed by atoms with Crippen LogP contribution in [0.3, 0.4) is 0 Å². The summed E-state index contributed by atoms with van der Waals surface area (Å²) in [4.78, 5) is 29.2. The Labute approximate surface area is 139 Å². The molecule has 118 valence electrons. The summed E-state index contributed by atoms with van der Waals surface area (Å²) in [6.07, 6.45) is 3.86. The molecular formula is C19H15N3O2. The fourth-order valence-corrected chi connectivity index (χ4v) is 2.87. The number of carbonyl (C=O) groups is 2. The molecule has 2 aromatic carbocycles. The molecule has 0 aromatic heterocycles. The molecule has 2 aliphatic rings. The summed E-state index contributed by atoms with van der Waals surface area (Å²) in [5, 5.41) is 1.67. The van der Waals surface area contributed by atoms with Crippen molar-refractivity contribution >= 4 is 29.3 Å². The molecule has 5 nitrogen and oxygen atoms in total. The first kappa shape index (κ1) is 14.4. The van der Waals surface area contributed by atoms with Crippen LogP contribution in [-0.2, 0) is 4.79 Å². The van der Waals surface area contributed by atoms with Gasteiger partial charge in [0.25, 0.3) is 5.91 Å². The number of amidine groups is 1. The maximum absolute atomic E-state index is 12.4. The van der Waals surface area contributed by atoms with E-state index in [1.165, 1.54) is 0 Å². The average molecular weight is 317 g/mol. The van der Waals surface area contributed by atoms with E-state index in [0.717, 1.165) is 11.3 Å². The molecule has 2 heterocycles. The molecule has 0 fully saturated rings. The number of aliphatic imine (C=N–C) groups is 1. The van der Waals surface area contributed by atoms with Crippen LogP contribution < -0.4 is 10.4 Å². The molecule has 0 bridgehead atoms. The average Bonchev–Trinajstić information content (AvgIpc) is 2.63. The highest BCUT2D eigenvalue weighted by atomic mass is 16.2. The standard InChI is InChI=1S/C19H15N3O2/c23-17(14-7-2-1-3-8-14)12-15-19(24)21-22-16-9-5-4-6-13(16)10-11-18(22)20-15/h1-11,15H,12H2,(H,21,24). The minimum atomic E-state index is -0.709. The van der Waals surface area contributed by atoms with Gasteiger partial charge in [-0.15, -0.1) is 0 Å². The summed E-state index contributed by atoms with van der Waals surface area (Å²) in [7, 11) is 0. The molecule has 5 heteroatoms. The molecule has 2 aliphatic heterocycles. The van der Waals surface area contributed by atoms with Gasteiger partial charge < -0.3 is 0 Å². The van der Waals surface area contributed by atoms with Crippen LogP contribution in [0, 0.1) is 0 Å². The van der Waals surface area contributed by atoms with Crippen LogP contribution in [0.15, 0.2) is 65.7 Å². The van der Waals surface area contributed by atoms with Crippen molar-refractivity contribution < 1.29 is 9.59 Å². The van der Waals surface area contributed by atoms with E-state index in [-0.39, 0.29) is 18.1 Å². The van der Waals surface area contributed by atoms with Gasteiger partial charge in [0.2, 0.25) is 0 Å². The Morgan fingerprint density at radius 3 is 2.62 bits per heavy atom. The minimum absolute atomic E-state index is 0.0582. The monoisotopic (exact) mass is 317 g/mol. The van der Waals surface area contributed by atoms with Gasteiger partial charge in [0, 0.05) is 17.5 Å². The number of carbonyl (C=O) groups excluding carboxylic acids is 2. The van der Waals surface area contributed by atoms with E-state index in [1.807, 2.05) is 54.6 Å². The van der Waals surface area contributed by atoms with Crippen molar-refractivity contribution in [2.24, 2.45) is 4.99 Å². The second-order valence-corrected chi connectivity index (χ2v) is 5.70. The number of hydrazine groups is 1. The van der Waals surface area contributed by atoms with Crippen molar-refractivity contribution in [2.75, 3.05) is 5.01 Å². The second-order valence-electron chi connectivity index (χ2n) is 5.70. The van der Waals surface area contributed by atoms with Gasteiger partial charge in [0.1, 0.15) is 11.9 Å². The van der Waals surface area contributed by atoms with Crippen molar-refractivity contribution in [1.29, 1.82) is 0 Å². The highest BCUT2D eigenvalue weighted by molar-refractivity contribution is 6.16. The minimum Gasteiger partial charge on any atom is -0.294 e. The number of hydrogen-bond acceptors (Lipinski definition) is 4. The van der Waals surface area contributed by atoms with E-state index in [1.54, 1.807) is 17.1 Å². The van der Waals surface area contributed by atoms with Crippen molar-refractivity contribution in [2.45, 2.75) is 12.5 Å². The number of para-hydroxylation sites is 1. The molecule has 4 rings (SSSR count). The molecule has 0 radical (unpaired) electrons. The van der Waals surface area contributed by atoms with E-state index in [4.69, 9.17) is 0 Å². The van der Waals surface area contributed by atoms with E-state index in [9.17, 15) is 9.59 Å². The number of nitrogens with zero attached hydrogens (tertiary/aromatic N) is 2. The number of amides is 1. The third-order valence-electron chi connectivity index (χ3n) is 4.11. The summed E-state index contributed by atoms with van der Waals surface area (Å²) in [6.45, 7) is 0. The molecule has 24 heavy (non-hydrogen) atoms. The number of benzene rings is 2. The van der Waals surface area contributed by atoms with Gasteiger partial charge in [0.05, 0.1) is 5.69 Å². The molecule has 1 amide bonds. The van der Waals surface area contributed by atoms with Crippen LogP contribution >= 0.6 is 0 Å². The van der Waals surface area contributed by atoms with Gasteiger partial charge in [0.15, 0.2) is 5.78 Å². The lowest BCUT2D eigenvalue weighted by Gasteiger charge is -2.34. The predicted molar refractivity (Wildman–Crippen MR) is 92.7 cm³/mol. The number of anilines is 1. The first-order chi connectivity index (χ1) is 11.7. The van der Waals surface area contributed by atoms with Gasteiger partial charge >= 0.3 is 0 Å². The van der Waals surface area contributed by atoms with Gasteiger partial charge in [-0.05, 0) is 18.2 Å². The van der Waals surface area contributed by atoms with Crippen molar-refractivity contribution in [3.05, 3.63) is 71.8 Å². The van der Waals surface area contributed by atoms with Gasteiger partial charge in [-0.25, -0.2) is 5.01 Å². The Kier molecular flexibility index (Phi) is 3.46. The summed E-state index contributed by atoms with van der Waals surface area (Å²) < 4.78 is 0. The zero-order chi connectivity index (χ0) is 16.5. The first-order valence-electron chi connectivity index (χ1n) is 7.76. The lowest BCUT2D eigenvalue weighted by Crippen LogP contribution is -2.55. The Hall–Kier alpha value is -3.21. The smallest absolute Gasteiger partial charge is 0.264 e. The Balaban J connectivity index is 1.60. The molecule has 0 aliphatic carbocycles. The first-order valence-corrected chi connectivity index (χ1v) is 7.76. The molecule has 1 N–H and O–H groups in total. The number of Topliss-reactive ketones (excluding diaryl/α,β-unsaturated/α-hetero) is 1. The maximum atomic E-state index is 12.4. The summed E-state index contributed by atoms with van der Waals surface area (Å²) in [5.41, 5.74) is 5.32. The number of nitrogens with one attached hydrogen (secondary N) is 1. The summed E-state index contributed by atoms with van der Waals surface area (Å²) >= 11 is 0. The highest BCUT2D eigenvalue weighted by Crippen LogP contribution is 2.27. The lowest BCUT2D eigenvalue weighted by molar-refractivity contribution is -0.122. The van der Waals surface area contributed by atoms with Crippen LogP contribution in [0.2, 0.25) is 0 Å². The van der Waals surface area contributed by atoms with E-state index in [0.29, 0.717) is 11.4 Å². The highest BCUT2D eigenvalue weighted by Gasteiger charge is 2.32. The van der Waals surface area contributed by atoms with Crippen LogP contribution in [-0.4, -0.2) is 23.6 Å². The second kappa shape index (κ2) is 5.77. The SMILES string of the molecule is O=C(CC1N=C2C=Cc3ccccc3N2NC1=O)c1ccccc1. The van der Waals surface area contributed by atoms with E-state index < -0.39 is 6.04 Å². The maximum Gasteiger partial charge on any atom is 0.264 e. The molecule has 1 atom stereocenters. The Bertz CT molecular complexity index is 871. The van der Waals surface area contributed by atoms with Gasteiger partial charge in [-0.2, -0.15) is 0 Å². The largest absolute Gasteiger partial charge is 0.294 e. The Morgan fingerprint density at radius 2 is 1.79 bits per heavy atom. The molecule has 1 unspecified atom stereocenters. The quantitative estimate of drug-likeness (QED) is 0.885. The Morgan fingerprint density at radius 1 is 1.04 bits per heavy atom. The van der Waals surface area contributed by atoms with Crippen LogP contribution in [0.25, 0.3) is 6.08 Å². The number of ketones is 1. The van der Waals surface area contributed by atoms with Crippen LogP contribution in [0.5, 0.6) is 0 Å². The van der Waals surface area contributed by atoms with Crippen molar-refractivity contribution in [1.82, 2.24) is 5.43 Å². The molecule has 0 spiro atoms. The molecular weight excluding hydrogens is 302 g/mol. The topological polar surface area (TPSA) is 61.8 Å². The number of rotatable bonds is 3. The van der Waals surface area contributed by atoms with Crippen molar-refractivity contribution in [3.63, 3.8) is 0 Å². The van der Waals surface area contributed by atoms with Gasteiger partial charge in [-0.3, -0.25) is 20.0 Å². The van der Waals surface area contributed by atoms with Crippen LogP contribution in [0.4, 0.5) is 5.69 Å². The fraction of sp³-hybridized carbons (Fsp3) is 0.105. The molecule has 0 saturated carbocycles. The van der Waals surface area contributed by atoms with Crippen LogP contribution in [0.1, 0.15) is 22.3 Å². The predicted octanol–water partition coefficient (Wildman–Crippen LogP) is 2.60. The van der Waals surface area contributed by atoms with Gasteiger partial charge in [-0.1, -0.05) is 48.5 Å². The number of hydrogen-bond donors (Lipinski definition) is 1. The van der Waals surface area contributed by atoms with E-state index in [2.05, 4.69) is 10.4 Å². The summed E-state index contributed by atoms with van der Waals surface area (Å²) in [6, 6.07) is 16.0. The lowest BCUT2D eigenvalue weighted by atomic mass is 10.0. The third kappa shape index (κ3) is 2.50.